The van der Waals surface area contributed by atoms with Gasteiger partial charge >= 0.3 is 5.97 Å². The van der Waals surface area contributed by atoms with Crippen molar-refractivity contribution in [3.63, 3.8) is 0 Å². The van der Waals surface area contributed by atoms with Crippen LogP contribution in [0.5, 0.6) is 5.75 Å². The third-order valence-electron chi connectivity index (χ3n) is 3.58. The van der Waals surface area contributed by atoms with Gasteiger partial charge in [0.1, 0.15) is 5.75 Å². The summed E-state index contributed by atoms with van der Waals surface area (Å²) in [7, 11) is 0. The zero-order valence-electron chi connectivity index (χ0n) is 12.5. The van der Waals surface area contributed by atoms with E-state index in [1.165, 1.54) is 23.1 Å². The van der Waals surface area contributed by atoms with E-state index >= 15 is 0 Å². The summed E-state index contributed by atoms with van der Waals surface area (Å²) in [6.07, 6.45) is 0.690. The lowest BCUT2D eigenvalue weighted by Crippen LogP contribution is -2.05. The van der Waals surface area contributed by atoms with Gasteiger partial charge in [-0.1, -0.05) is 42.5 Å². The molecule has 0 saturated carbocycles. The van der Waals surface area contributed by atoms with Gasteiger partial charge in [-0.2, -0.15) is 0 Å². The highest BCUT2D eigenvalue weighted by atomic mass is 16.5. The molecule has 3 heteroatoms. The van der Waals surface area contributed by atoms with Crippen LogP contribution < -0.4 is 4.74 Å². The molecular formula is C19H18O3. The highest BCUT2D eigenvalue weighted by Crippen LogP contribution is 2.28. The van der Waals surface area contributed by atoms with Crippen LogP contribution in [0.1, 0.15) is 13.3 Å². The molecule has 0 unspecified atom stereocenters. The van der Waals surface area contributed by atoms with Gasteiger partial charge in [-0.3, -0.25) is 4.79 Å². The average molecular weight is 294 g/mol. The Balaban J connectivity index is 1.73. The van der Waals surface area contributed by atoms with Crippen molar-refractivity contribution in [1.82, 2.24) is 0 Å². The highest BCUT2D eigenvalue weighted by Gasteiger charge is 2.02. The molecule has 0 saturated heterocycles. The summed E-state index contributed by atoms with van der Waals surface area (Å²) in [5, 5.41) is 4.88. The first-order valence-corrected chi connectivity index (χ1v) is 7.42. The number of hydrogen-bond donors (Lipinski definition) is 0. The van der Waals surface area contributed by atoms with E-state index in [9.17, 15) is 4.79 Å². The van der Waals surface area contributed by atoms with Crippen LogP contribution >= 0.6 is 0 Å². The number of esters is 1. The van der Waals surface area contributed by atoms with Gasteiger partial charge in [0, 0.05) is 13.3 Å². The van der Waals surface area contributed by atoms with Crippen molar-refractivity contribution in [2.45, 2.75) is 13.3 Å². The van der Waals surface area contributed by atoms with Crippen molar-refractivity contribution < 1.29 is 14.3 Å². The maximum atomic E-state index is 10.7. The summed E-state index contributed by atoms with van der Waals surface area (Å²) in [6, 6.07) is 18.7. The Bertz CT molecular complexity index is 808. The Hall–Kier alpha value is -2.55. The van der Waals surface area contributed by atoms with E-state index in [0.29, 0.717) is 19.6 Å². The first-order valence-electron chi connectivity index (χ1n) is 7.42. The smallest absolute Gasteiger partial charge is 0.302 e. The molecule has 112 valence electrons. The third kappa shape index (κ3) is 3.19. The molecule has 0 heterocycles. The fourth-order valence-electron chi connectivity index (χ4n) is 2.55. The lowest BCUT2D eigenvalue weighted by atomic mass is 10.0. The lowest BCUT2D eigenvalue weighted by Gasteiger charge is -2.09. The van der Waals surface area contributed by atoms with E-state index in [-0.39, 0.29) is 5.97 Å². The van der Waals surface area contributed by atoms with Gasteiger partial charge in [-0.25, -0.2) is 0 Å². The Morgan fingerprint density at radius 3 is 2.55 bits per heavy atom. The summed E-state index contributed by atoms with van der Waals surface area (Å²) >= 11 is 0. The average Bonchev–Trinajstić information content (AvgIpc) is 2.54. The molecule has 0 bridgehead atoms. The van der Waals surface area contributed by atoms with Crippen LogP contribution in [0.2, 0.25) is 0 Å². The Morgan fingerprint density at radius 2 is 1.68 bits per heavy atom. The van der Waals surface area contributed by atoms with Crippen molar-refractivity contribution in [3.05, 3.63) is 54.6 Å². The zero-order valence-corrected chi connectivity index (χ0v) is 12.5. The van der Waals surface area contributed by atoms with Crippen LogP contribution in [-0.2, 0) is 9.53 Å². The molecule has 3 rings (SSSR count). The van der Waals surface area contributed by atoms with E-state index < -0.39 is 0 Å². The topological polar surface area (TPSA) is 35.5 Å². The Kier molecular flexibility index (Phi) is 4.24. The lowest BCUT2D eigenvalue weighted by molar-refractivity contribution is -0.141. The van der Waals surface area contributed by atoms with Crippen LogP contribution in [0.15, 0.2) is 54.6 Å². The third-order valence-corrected chi connectivity index (χ3v) is 3.58. The van der Waals surface area contributed by atoms with E-state index in [1.54, 1.807) is 0 Å². The molecule has 3 nitrogen and oxygen atoms in total. The monoisotopic (exact) mass is 294 g/mol. The molecule has 0 amide bonds. The molecule has 0 aromatic heterocycles. The molecule has 0 aliphatic heterocycles. The summed E-state index contributed by atoms with van der Waals surface area (Å²) < 4.78 is 10.6. The molecule has 3 aromatic rings. The summed E-state index contributed by atoms with van der Waals surface area (Å²) in [6.45, 7) is 2.34. The van der Waals surface area contributed by atoms with E-state index in [2.05, 4.69) is 42.5 Å². The van der Waals surface area contributed by atoms with Gasteiger partial charge in [0.05, 0.1) is 13.2 Å². The number of fused-ring (bicyclic) bond motifs is 3. The van der Waals surface area contributed by atoms with Crippen LogP contribution in [0.3, 0.4) is 0 Å². The number of ether oxygens (including phenoxy) is 2. The fraction of sp³-hybridized carbons (Fsp3) is 0.211. The highest BCUT2D eigenvalue weighted by molar-refractivity contribution is 6.07. The predicted octanol–water partition coefficient (Wildman–Crippen LogP) is 4.33. The summed E-state index contributed by atoms with van der Waals surface area (Å²) in [5.41, 5.74) is 0. The second-order valence-electron chi connectivity index (χ2n) is 5.21. The van der Waals surface area contributed by atoms with Crippen LogP contribution in [0.4, 0.5) is 0 Å². The first-order chi connectivity index (χ1) is 10.7. The second kappa shape index (κ2) is 6.48. The van der Waals surface area contributed by atoms with Crippen molar-refractivity contribution >= 4 is 27.5 Å². The molecule has 0 N–H and O–H groups in total. The standard InChI is InChI=1S/C19H18O3/c1-14(20)21-11-4-12-22-17-9-10-19-16(13-17)8-7-15-5-2-3-6-18(15)19/h2-3,5-10,13H,4,11-12H2,1H3. The Labute approximate surface area is 129 Å². The number of hydrogen-bond acceptors (Lipinski definition) is 3. The van der Waals surface area contributed by atoms with Gasteiger partial charge in [-0.15, -0.1) is 0 Å². The van der Waals surface area contributed by atoms with Crippen LogP contribution in [0, 0.1) is 0 Å². The Morgan fingerprint density at radius 1 is 0.909 bits per heavy atom. The minimum Gasteiger partial charge on any atom is -0.493 e. The minimum absolute atomic E-state index is 0.252. The second-order valence-corrected chi connectivity index (χ2v) is 5.21. The largest absolute Gasteiger partial charge is 0.493 e. The molecule has 0 atom stereocenters. The summed E-state index contributed by atoms with van der Waals surface area (Å²) in [5.74, 6) is 0.586. The predicted molar refractivity (Wildman–Crippen MR) is 88.2 cm³/mol. The van der Waals surface area contributed by atoms with Gasteiger partial charge in [0.2, 0.25) is 0 Å². The fourth-order valence-corrected chi connectivity index (χ4v) is 2.55. The molecule has 0 fully saturated rings. The van der Waals surface area contributed by atoms with Gasteiger partial charge in [-0.05, 0) is 33.7 Å². The van der Waals surface area contributed by atoms with Gasteiger partial charge in [0.15, 0.2) is 0 Å². The molecule has 22 heavy (non-hydrogen) atoms. The summed E-state index contributed by atoms with van der Waals surface area (Å²) in [4.78, 5) is 10.7. The number of carbonyl (C=O) groups excluding carboxylic acids is 1. The van der Waals surface area contributed by atoms with Gasteiger partial charge in [0.25, 0.3) is 0 Å². The minimum atomic E-state index is -0.252. The van der Waals surface area contributed by atoms with Crippen LogP contribution in [-0.4, -0.2) is 19.2 Å². The molecule has 0 radical (unpaired) electrons. The maximum absolute atomic E-state index is 10.7. The first kappa shape index (κ1) is 14.4. The van der Waals surface area contributed by atoms with Crippen LogP contribution in [0.25, 0.3) is 21.5 Å². The van der Waals surface area contributed by atoms with E-state index in [4.69, 9.17) is 9.47 Å². The number of rotatable bonds is 5. The van der Waals surface area contributed by atoms with Gasteiger partial charge < -0.3 is 9.47 Å². The van der Waals surface area contributed by atoms with E-state index in [0.717, 1.165) is 11.1 Å². The van der Waals surface area contributed by atoms with Crippen molar-refractivity contribution in [3.8, 4) is 5.75 Å². The molecule has 0 spiro atoms. The van der Waals surface area contributed by atoms with Crippen molar-refractivity contribution in [2.75, 3.05) is 13.2 Å². The van der Waals surface area contributed by atoms with E-state index in [1.807, 2.05) is 12.1 Å². The molecule has 3 aromatic carbocycles. The zero-order chi connectivity index (χ0) is 15.4. The number of benzene rings is 3. The van der Waals surface area contributed by atoms with Crippen molar-refractivity contribution in [1.29, 1.82) is 0 Å². The maximum Gasteiger partial charge on any atom is 0.302 e. The normalized spacial score (nSPS) is 10.8. The number of carbonyl (C=O) groups is 1. The molecular weight excluding hydrogens is 276 g/mol. The molecule has 0 aliphatic carbocycles. The SMILES string of the molecule is CC(=O)OCCCOc1ccc2c(ccc3ccccc32)c1. The quantitative estimate of drug-likeness (QED) is 0.399. The molecule has 0 aliphatic rings. The van der Waals surface area contributed by atoms with Crippen molar-refractivity contribution in [2.24, 2.45) is 0 Å².